The van der Waals surface area contributed by atoms with E-state index in [1.165, 1.54) is 13.0 Å². The molecule has 0 saturated heterocycles. The second-order valence-electron chi connectivity index (χ2n) is 3.48. The van der Waals surface area contributed by atoms with Gasteiger partial charge >= 0.3 is 0 Å². The summed E-state index contributed by atoms with van der Waals surface area (Å²) in [5, 5.41) is 4.99. The number of hydrogen-bond donors (Lipinski definition) is 1. The zero-order valence-electron chi connectivity index (χ0n) is 8.91. The summed E-state index contributed by atoms with van der Waals surface area (Å²) in [6, 6.07) is 1.86. The molecule has 1 aromatic carbocycles. The molecule has 5 nitrogen and oxygen atoms in total. The number of nitrogens with zero attached hydrogens (tertiary/aromatic N) is 2. The topological polar surface area (TPSA) is 75.7 Å². The van der Waals surface area contributed by atoms with Crippen LogP contribution in [-0.2, 0) is 9.05 Å². The van der Waals surface area contributed by atoms with Crippen molar-refractivity contribution in [2.75, 3.05) is 0 Å². The molecule has 0 spiro atoms. The molecule has 18 heavy (non-hydrogen) atoms. The molecule has 1 heterocycles. The summed E-state index contributed by atoms with van der Waals surface area (Å²) in [7, 11) is 0.966. The molecule has 2 aromatic rings. The maximum absolute atomic E-state index is 13.5. The van der Waals surface area contributed by atoms with E-state index in [4.69, 9.17) is 10.7 Å². The van der Waals surface area contributed by atoms with E-state index in [9.17, 15) is 17.2 Å². The molecule has 0 saturated carbocycles. The molecule has 9 heteroatoms. The van der Waals surface area contributed by atoms with Gasteiger partial charge < -0.3 is 0 Å². The van der Waals surface area contributed by atoms with E-state index in [-0.39, 0.29) is 17.0 Å². The van der Waals surface area contributed by atoms with Gasteiger partial charge in [0.1, 0.15) is 11.6 Å². The van der Waals surface area contributed by atoms with Gasteiger partial charge in [-0.05, 0) is 18.6 Å². The fraction of sp³-hybridized carbons (Fsp3) is 0.111. The van der Waals surface area contributed by atoms with Crippen LogP contribution in [-0.4, -0.2) is 23.6 Å². The fourth-order valence-electron chi connectivity index (χ4n) is 1.31. The molecular weight excluding hydrogens is 288 g/mol. The summed E-state index contributed by atoms with van der Waals surface area (Å²) in [6.07, 6.45) is 0. The van der Waals surface area contributed by atoms with E-state index in [2.05, 4.69) is 15.2 Å². The highest BCUT2D eigenvalue weighted by atomic mass is 35.7. The van der Waals surface area contributed by atoms with Crippen LogP contribution in [0.15, 0.2) is 17.3 Å². The Bertz CT molecular complexity index is 715. The van der Waals surface area contributed by atoms with Crippen LogP contribution in [0.25, 0.3) is 11.4 Å². The van der Waals surface area contributed by atoms with Gasteiger partial charge in [0.2, 0.25) is 0 Å². The highest BCUT2D eigenvalue weighted by Gasteiger charge is 2.19. The average molecular weight is 294 g/mol. The Labute approximate surface area is 105 Å². The lowest BCUT2D eigenvalue weighted by Gasteiger charge is -2.01. The normalized spacial score (nSPS) is 11.8. The van der Waals surface area contributed by atoms with Gasteiger partial charge in [-0.15, -0.1) is 0 Å². The summed E-state index contributed by atoms with van der Waals surface area (Å²) in [5.74, 6) is -1.82. The second-order valence-corrected chi connectivity index (χ2v) is 5.96. The van der Waals surface area contributed by atoms with Gasteiger partial charge in [-0.25, -0.2) is 22.3 Å². The minimum atomic E-state index is -4.07. The third-order valence-corrected chi connectivity index (χ3v) is 3.27. The highest BCUT2D eigenvalue weighted by molar-refractivity contribution is 8.13. The van der Waals surface area contributed by atoms with Gasteiger partial charge in [0.25, 0.3) is 14.2 Å². The highest BCUT2D eigenvalue weighted by Crippen LogP contribution is 2.23. The van der Waals surface area contributed by atoms with Gasteiger partial charge in [-0.1, -0.05) is 0 Å². The molecule has 0 bridgehead atoms. The predicted octanol–water partition coefficient (Wildman–Crippen LogP) is 1.99. The fourth-order valence-corrected chi connectivity index (χ4v) is 1.86. The summed E-state index contributed by atoms with van der Waals surface area (Å²) < 4.78 is 48.5. The van der Waals surface area contributed by atoms with Crippen molar-refractivity contribution < 1.29 is 17.2 Å². The molecule has 0 aliphatic heterocycles. The molecule has 0 fully saturated rings. The maximum atomic E-state index is 13.5. The third-order valence-electron chi connectivity index (χ3n) is 2.19. The number of aromatic nitrogens is 3. The molecule has 96 valence electrons. The van der Waals surface area contributed by atoms with E-state index >= 15 is 0 Å². The van der Waals surface area contributed by atoms with Crippen LogP contribution < -0.4 is 0 Å². The minimum Gasteiger partial charge on any atom is -0.248 e. The number of nitrogens with one attached hydrogen (secondary N) is 1. The van der Waals surface area contributed by atoms with Crippen LogP contribution in [0.4, 0.5) is 8.78 Å². The van der Waals surface area contributed by atoms with Crippen molar-refractivity contribution in [2.24, 2.45) is 0 Å². The molecule has 0 unspecified atom stereocenters. The molecular formula is C9H6ClF2N3O2S. The van der Waals surface area contributed by atoms with Gasteiger partial charge in [0.15, 0.2) is 5.82 Å². The van der Waals surface area contributed by atoms with Crippen LogP contribution in [0.5, 0.6) is 0 Å². The SMILES string of the molecule is Cc1cc(-c2n[nH]c(S(=O)(=O)Cl)n2)c(F)cc1F. The van der Waals surface area contributed by atoms with E-state index in [1.54, 1.807) is 0 Å². The Morgan fingerprint density at radius 3 is 2.50 bits per heavy atom. The number of aryl methyl sites for hydroxylation is 1. The first-order valence-electron chi connectivity index (χ1n) is 4.62. The molecule has 2 rings (SSSR count). The van der Waals surface area contributed by atoms with Crippen LogP contribution in [0.3, 0.4) is 0 Å². The van der Waals surface area contributed by atoms with Gasteiger partial charge in [-0.3, -0.25) is 0 Å². The van der Waals surface area contributed by atoms with Crippen LogP contribution in [0.2, 0.25) is 0 Å². The molecule has 1 N–H and O–H groups in total. The standard InChI is InChI=1S/C9H6ClF2N3O2S/c1-4-2-5(7(12)3-6(4)11)8-13-9(15-14-8)18(10,16)17/h2-3H,1H3,(H,13,14,15). The van der Waals surface area contributed by atoms with Crippen LogP contribution in [0.1, 0.15) is 5.56 Å². The summed E-state index contributed by atoms with van der Waals surface area (Å²) in [5.41, 5.74) is 0.0724. The Morgan fingerprint density at radius 1 is 1.28 bits per heavy atom. The summed E-state index contributed by atoms with van der Waals surface area (Å²) >= 11 is 0. The summed E-state index contributed by atoms with van der Waals surface area (Å²) in [4.78, 5) is 3.53. The number of rotatable bonds is 2. The Hall–Kier alpha value is -1.54. The zero-order valence-corrected chi connectivity index (χ0v) is 10.5. The predicted molar refractivity (Wildman–Crippen MR) is 59.5 cm³/mol. The Balaban J connectivity index is 2.56. The molecule has 1 aromatic heterocycles. The van der Waals surface area contributed by atoms with E-state index in [0.717, 1.165) is 0 Å². The lowest BCUT2D eigenvalue weighted by molar-refractivity contribution is 0.579. The smallest absolute Gasteiger partial charge is 0.248 e. The number of halogens is 3. The monoisotopic (exact) mass is 293 g/mol. The minimum absolute atomic E-state index is 0.114. The number of hydrogen-bond acceptors (Lipinski definition) is 4. The average Bonchev–Trinajstić information content (AvgIpc) is 2.72. The lowest BCUT2D eigenvalue weighted by atomic mass is 10.1. The quantitative estimate of drug-likeness (QED) is 0.859. The first-order chi connectivity index (χ1) is 8.29. The van der Waals surface area contributed by atoms with Gasteiger partial charge in [0.05, 0.1) is 5.56 Å². The first-order valence-corrected chi connectivity index (χ1v) is 6.93. The van der Waals surface area contributed by atoms with E-state index in [1.807, 2.05) is 0 Å². The van der Waals surface area contributed by atoms with Crippen molar-refractivity contribution in [3.8, 4) is 11.4 Å². The lowest BCUT2D eigenvalue weighted by Crippen LogP contribution is -1.94. The van der Waals surface area contributed by atoms with Crippen molar-refractivity contribution in [3.63, 3.8) is 0 Å². The van der Waals surface area contributed by atoms with Crippen molar-refractivity contribution in [3.05, 3.63) is 29.3 Å². The van der Waals surface area contributed by atoms with Crippen molar-refractivity contribution in [2.45, 2.75) is 12.1 Å². The third kappa shape index (κ3) is 2.34. The molecule has 0 amide bonds. The number of aromatic amines is 1. The van der Waals surface area contributed by atoms with E-state index < -0.39 is 25.8 Å². The number of benzene rings is 1. The molecule has 0 aliphatic carbocycles. The van der Waals surface area contributed by atoms with Gasteiger partial charge in [0, 0.05) is 16.7 Å². The van der Waals surface area contributed by atoms with Crippen LogP contribution in [0, 0.1) is 18.6 Å². The first kappa shape index (κ1) is 12.9. The molecule has 0 atom stereocenters. The Morgan fingerprint density at radius 2 is 1.94 bits per heavy atom. The summed E-state index contributed by atoms with van der Waals surface area (Å²) in [6.45, 7) is 1.43. The molecule has 0 aliphatic rings. The second kappa shape index (κ2) is 4.29. The zero-order chi connectivity index (χ0) is 13.5. The number of H-pyrrole nitrogens is 1. The van der Waals surface area contributed by atoms with Gasteiger partial charge in [-0.2, -0.15) is 10.1 Å². The van der Waals surface area contributed by atoms with Crippen molar-refractivity contribution >= 4 is 19.7 Å². The maximum Gasteiger partial charge on any atom is 0.296 e. The van der Waals surface area contributed by atoms with Crippen molar-refractivity contribution in [1.82, 2.24) is 15.2 Å². The van der Waals surface area contributed by atoms with Crippen LogP contribution >= 0.6 is 10.7 Å². The Kier molecular flexibility index (Phi) is 3.07. The molecule has 0 radical (unpaired) electrons. The van der Waals surface area contributed by atoms with E-state index in [0.29, 0.717) is 6.07 Å². The largest absolute Gasteiger partial charge is 0.296 e. The van der Waals surface area contributed by atoms with Crippen molar-refractivity contribution in [1.29, 1.82) is 0 Å².